The van der Waals surface area contributed by atoms with Crippen LogP contribution in [-0.4, -0.2) is 19.1 Å². The van der Waals surface area contributed by atoms with Gasteiger partial charge >= 0.3 is 6.03 Å². The van der Waals surface area contributed by atoms with E-state index < -0.39 is 0 Å². The van der Waals surface area contributed by atoms with Gasteiger partial charge in [0.1, 0.15) is 5.82 Å². The number of carbonyl (C=O) groups excluding carboxylic acids is 1. The average Bonchev–Trinajstić information content (AvgIpc) is 2.97. The second-order valence-corrected chi connectivity index (χ2v) is 3.69. The monoisotopic (exact) mass is 208 g/mol. The van der Waals surface area contributed by atoms with Crippen LogP contribution in [0.4, 0.5) is 9.18 Å². The highest BCUT2D eigenvalue weighted by Gasteiger charge is 2.40. The standard InChI is InChI=1S/C11H13FN2O/c1-13-11(15)14-10-6-8(10)7-4-2-3-5-9(7)12/h2-5,8,10H,6H2,1H3,(H2,13,14,15)/t8-,10+/m1/s1. The third-order valence-electron chi connectivity index (χ3n) is 2.64. The minimum atomic E-state index is -0.209. The predicted octanol–water partition coefficient (Wildman–Crippen LogP) is 1.61. The molecule has 1 aromatic carbocycles. The summed E-state index contributed by atoms with van der Waals surface area (Å²) < 4.78 is 13.3. The molecule has 0 aliphatic heterocycles. The number of rotatable bonds is 2. The molecule has 1 fully saturated rings. The fourth-order valence-electron chi connectivity index (χ4n) is 1.71. The van der Waals surface area contributed by atoms with Crippen molar-refractivity contribution in [2.75, 3.05) is 7.05 Å². The number of hydrogen-bond acceptors (Lipinski definition) is 1. The molecule has 1 aliphatic carbocycles. The van der Waals surface area contributed by atoms with E-state index in [1.807, 2.05) is 6.07 Å². The molecule has 0 radical (unpaired) electrons. The van der Waals surface area contributed by atoms with Crippen molar-refractivity contribution in [2.24, 2.45) is 0 Å². The van der Waals surface area contributed by atoms with E-state index in [0.717, 1.165) is 6.42 Å². The van der Waals surface area contributed by atoms with E-state index in [0.29, 0.717) is 5.56 Å². The lowest BCUT2D eigenvalue weighted by Crippen LogP contribution is -2.34. The van der Waals surface area contributed by atoms with Gasteiger partial charge in [-0.25, -0.2) is 9.18 Å². The van der Waals surface area contributed by atoms with Gasteiger partial charge in [0.05, 0.1) is 0 Å². The molecule has 0 aromatic heterocycles. The highest BCUT2D eigenvalue weighted by molar-refractivity contribution is 5.74. The van der Waals surface area contributed by atoms with Crippen molar-refractivity contribution in [3.05, 3.63) is 35.6 Å². The molecule has 1 aromatic rings. The van der Waals surface area contributed by atoms with Gasteiger partial charge in [-0.3, -0.25) is 0 Å². The first-order chi connectivity index (χ1) is 7.22. The number of hydrogen-bond donors (Lipinski definition) is 2. The number of urea groups is 1. The Labute approximate surface area is 87.7 Å². The third kappa shape index (κ3) is 2.09. The minimum absolute atomic E-state index is 0.0712. The molecule has 3 nitrogen and oxygen atoms in total. The molecule has 80 valence electrons. The molecule has 0 unspecified atom stereocenters. The normalized spacial score (nSPS) is 23.3. The Morgan fingerprint density at radius 3 is 2.87 bits per heavy atom. The number of carbonyl (C=O) groups is 1. The van der Waals surface area contributed by atoms with Gasteiger partial charge in [-0.15, -0.1) is 0 Å². The number of benzene rings is 1. The van der Waals surface area contributed by atoms with Crippen LogP contribution in [0.25, 0.3) is 0 Å². The smallest absolute Gasteiger partial charge is 0.314 e. The molecule has 2 atom stereocenters. The van der Waals surface area contributed by atoms with Crippen molar-refractivity contribution < 1.29 is 9.18 Å². The molecular formula is C11H13FN2O. The summed E-state index contributed by atoms with van der Waals surface area (Å²) in [5.74, 6) is -0.0628. The second kappa shape index (κ2) is 3.88. The van der Waals surface area contributed by atoms with Crippen LogP contribution in [0.3, 0.4) is 0 Å². The van der Waals surface area contributed by atoms with Crippen molar-refractivity contribution in [1.29, 1.82) is 0 Å². The van der Waals surface area contributed by atoms with Gasteiger partial charge in [-0.1, -0.05) is 18.2 Å². The zero-order valence-corrected chi connectivity index (χ0v) is 8.46. The number of halogens is 1. The van der Waals surface area contributed by atoms with Crippen molar-refractivity contribution in [2.45, 2.75) is 18.4 Å². The van der Waals surface area contributed by atoms with Gasteiger partial charge in [0.15, 0.2) is 0 Å². The molecule has 4 heteroatoms. The summed E-state index contributed by atoms with van der Waals surface area (Å²) in [6.07, 6.45) is 0.814. The van der Waals surface area contributed by atoms with E-state index in [-0.39, 0.29) is 23.8 Å². The Morgan fingerprint density at radius 1 is 1.47 bits per heavy atom. The van der Waals surface area contributed by atoms with Crippen LogP contribution >= 0.6 is 0 Å². The Kier molecular flexibility index (Phi) is 2.58. The van der Waals surface area contributed by atoms with Crippen LogP contribution in [0.5, 0.6) is 0 Å². The molecule has 0 heterocycles. The van der Waals surface area contributed by atoms with E-state index in [9.17, 15) is 9.18 Å². The van der Waals surface area contributed by atoms with Gasteiger partial charge in [0.2, 0.25) is 0 Å². The lowest BCUT2D eigenvalue weighted by molar-refractivity contribution is 0.242. The fraction of sp³-hybridized carbons (Fsp3) is 0.364. The Hall–Kier alpha value is -1.58. The van der Waals surface area contributed by atoms with E-state index in [1.54, 1.807) is 19.2 Å². The molecule has 2 amide bonds. The zero-order chi connectivity index (χ0) is 10.8. The van der Waals surface area contributed by atoms with Crippen LogP contribution in [0, 0.1) is 5.82 Å². The summed E-state index contributed by atoms with van der Waals surface area (Å²) in [6.45, 7) is 0. The van der Waals surface area contributed by atoms with Gasteiger partial charge < -0.3 is 10.6 Å². The molecule has 0 bridgehead atoms. The van der Waals surface area contributed by atoms with Crippen LogP contribution in [0.15, 0.2) is 24.3 Å². The number of amides is 2. The van der Waals surface area contributed by atoms with E-state index in [4.69, 9.17) is 0 Å². The SMILES string of the molecule is CNC(=O)N[C@H]1C[C@@H]1c1ccccc1F. The number of nitrogens with one attached hydrogen (secondary N) is 2. The van der Waals surface area contributed by atoms with Gasteiger partial charge in [-0.2, -0.15) is 0 Å². The van der Waals surface area contributed by atoms with Crippen LogP contribution < -0.4 is 10.6 Å². The van der Waals surface area contributed by atoms with Gasteiger partial charge in [0, 0.05) is 19.0 Å². The molecule has 2 rings (SSSR count). The van der Waals surface area contributed by atoms with Crippen molar-refractivity contribution in [3.8, 4) is 0 Å². The lowest BCUT2D eigenvalue weighted by Gasteiger charge is -2.04. The fourth-order valence-corrected chi connectivity index (χ4v) is 1.71. The highest BCUT2D eigenvalue weighted by atomic mass is 19.1. The maximum absolute atomic E-state index is 13.3. The second-order valence-electron chi connectivity index (χ2n) is 3.69. The van der Waals surface area contributed by atoms with Crippen LogP contribution in [-0.2, 0) is 0 Å². The summed E-state index contributed by atoms with van der Waals surface area (Å²) in [6, 6.07) is 6.56. The summed E-state index contributed by atoms with van der Waals surface area (Å²) >= 11 is 0. The zero-order valence-electron chi connectivity index (χ0n) is 8.46. The molecule has 1 aliphatic rings. The summed E-state index contributed by atoms with van der Waals surface area (Å²) in [5.41, 5.74) is 0.693. The molecule has 2 N–H and O–H groups in total. The van der Waals surface area contributed by atoms with Crippen molar-refractivity contribution in [1.82, 2.24) is 10.6 Å². The summed E-state index contributed by atoms with van der Waals surface area (Å²) in [7, 11) is 1.57. The van der Waals surface area contributed by atoms with Crippen LogP contribution in [0.1, 0.15) is 17.9 Å². The minimum Gasteiger partial charge on any atom is -0.341 e. The summed E-state index contributed by atoms with van der Waals surface area (Å²) in [4.78, 5) is 11.0. The largest absolute Gasteiger partial charge is 0.341 e. The first-order valence-corrected chi connectivity index (χ1v) is 4.95. The first kappa shape index (κ1) is 9.96. The van der Waals surface area contributed by atoms with Crippen molar-refractivity contribution in [3.63, 3.8) is 0 Å². The molecule has 0 saturated heterocycles. The van der Waals surface area contributed by atoms with E-state index in [2.05, 4.69) is 10.6 Å². The molecule has 15 heavy (non-hydrogen) atoms. The summed E-state index contributed by atoms with van der Waals surface area (Å²) in [5, 5.41) is 5.24. The van der Waals surface area contributed by atoms with E-state index in [1.165, 1.54) is 6.07 Å². The van der Waals surface area contributed by atoms with Crippen LogP contribution in [0.2, 0.25) is 0 Å². The Balaban J connectivity index is 1.99. The topological polar surface area (TPSA) is 41.1 Å². The predicted molar refractivity (Wildman–Crippen MR) is 55.1 cm³/mol. The quantitative estimate of drug-likeness (QED) is 0.761. The van der Waals surface area contributed by atoms with Gasteiger partial charge in [-0.05, 0) is 18.1 Å². The molecule has 1 saturated carbocycles. The Bertz CT molecular complexity index is 381. The maximum atomic E-state index is 13.3. The third-order valence-corrected chi connectivity index (χ3v) is 2.64. The van der Waals surface area contributed by atoms with Crippen molar-refractivity contribution >= 4 is 6.03 Å². The Morgan fingerprint density at radius 2 is 2.20 bits per heavy atom. The average molecular weight is 208 g/mol. The van der Waals surface area contributed by atoms with Gasteiger partial charge in [0.25, 0.3) is 0 Å². The molecular weight excluding hydrogens is 195 g/mol. The molecule has 0 spiro atoms. The van der Waals surface area contributed by atoms with E-state index >= 15 is 0 Å². The lowest BCUT2D eigenvalue weighted by atomic mass is 10.1. The highest BCUT2D eigenvalue weighted by Crippen LogP contribution is 2.41. The first-order valence-electron chi connectivity index (χ1n) is 4.95. The maximum Gasteiger partial charge on any atom is 0.314 e.